The lowest BCUT2D eigenvalue weighted by Gasteiger charge is -2.18. The highest BCUT2D eigenvalue weighted by Crippen LogP contribution is 2.17. The van der Waals surface area contributed by atoms with Gasteiger partial charge in [0.15, 0.2) is 0 Å². The van der Waals surface area contributed by atoms with Crippen molar-refractivity contribution in [2.24, 2.45) is 0 Å². The normalized spacial score (nSPS) is 17.8. The molecular formula is C24H37NO2. The van der Waals surface area contributed by atoms with Crippen molar-refractivity contribution < 1.29 is 9.53 Å². The van der Waals surface area contributed by atoms with Gasteiger partial charge in [-0.1, -0.05) is 76.8 Å². The zero-order valence-electron chi connectivity index (χ0n) is 17.1. The summed E-state index contributed by atoms with van der Waals surface area (Å²) in [5.41, 5.74) is 1.02. The van der Waals surface area contributed by atoms with Crippen LogP contribution in [-0.2, 0) is 4.79 Å². The predicted octanol–water partition coefficient (Wildman–Crippen LogP) is 6.28. The minimum absolute atomic E-state index is 0.0263. The van der Waals surface area contributed by atoms with Crippen LogP contribution in [0.1, 0.15) is 89.5 Å². The van der Waals surface area contributed by atoms with Crippen LogP contribution in [0.2, 0.25) is 0 Å². The van der Waals surface area contributed by atoms with Crippen molar-refractivity contribution in [1.82, 2.24) is 5.32 Å². The molecule has 1 aliphatic rings. The first-order valence-electron chi connectivity index (χ1n) is 11.0. The molecule has 3 heteroatoms. The third kappa shape index (κ3) is 9.65. The smallest absolute Gasteiger partial charge is 0.244 e. The van der Waals surface area contributed by atoms with Crippen molar-refractivity contribution in [2.75, 3.05) is 6.61 Å². The molecule has 0 aliphatic heterocycles. The Morgan fingerprint density at radius 3 is 2.07 bits per heavy atom. The van der Waals surface area contributed by atoms with Crippen molar-refractivity contribution in [3.8, 4) is 5.75 Å². The number of hydrogen-bond donors (Lipinski definition) is 1. The summed E-state index contributed by atoms with van der Waals surface area (Å²) in [6.07, 6.45) is 18.7. The fourth-order valence-corrected chi connectivity index (χ4v) is 3.62. The van der Waals surface area contributed by atoms with Gasteiger partial charge in [-0.15, -0.1) is 0 Å². The van der Waals surface area contributed by atoms with E-state index < -0.39 is 0 Å². The highest BCUT2D eigenvalue weighted by atomic mass is 16.5. The van der Waals surface area contributed by atoms with E-state index in [2.05, 4.69) is 12.2 Å². The highest BCUT2D eigenvalue weighted by Gasteiger charge is 2.11. The highest BCUT2D eigenvalue weighted by molar-refractivity contribution is 5.91. The molecule has 0 unspecified atom stereocenters. The van der Waals surface area contributed by atoms with E-state index in [1.807, 2.05) is 30.3 Å². The summed E-state index contributed by atoms with van der Waals surface area (Å²) in [5.74, 6) is 0.907. The molecule has 0 heterocycles. The predicted molar refractivity (Wildman–Crippen MR) is 114 cm³/mol. The Hall–Kier alpha value is -1.77. The van der Waals surface area contributed by atoms with Crippen LogP contribution in [-0.4, -0.2) is 18.6 Å². The van der Waals surface area contributed by atoms with Crippen LogP contribution in [0.3, 0.4) is 0 Å². The van der Waals surface area contributed by atoms with Gasteiger partial charge in [0.1, 0.15) is 5.75 Å². The van der Waals surface area contributed by atoms with E-state index in [4.69, 9.17) is 4.74 Å². The SMILES string of the molecule is CCCOc1ccc(/C=C/C(=O)NC2CCCCCCCCCCC2)cc1. The van der Waals surface area contributed by atoms with E-state index in [0.717, 1.165) is 37.2 Å². The molecule has 0 bridgehead atoms. The number of amides is 1. The van der Waals surface area contributed by atoms with E-state index >= 15 is 0 Å². The quantitative estimate of drug-likeness (QED) is 0.598. The lowest BCUT2D eigenvalue weighted by Crippen LogP contribution is -2.33. The van der Waals surface area contributed by atoms with Gasteiger partial charge >= 0.3 is 0 Å². The number of carbonyl (C=O) groups is 1. The zero-order valence-corrected chi connectivity index (χ0v) is 17.1. The van der Waals surface area contributed by atoms with E-state index in [-0.39, 0.29) is 5.91 Å². The van der Waals surface area contributed by atoms with Crippen LogP contribution in [0, 0.1) is 0 Å². The average molecular weight is 372 g/mol. The van der Waals surface area contributed by atoms with E-state index in [1.54, 1.807) is 6.08 Å². The number of nitrogens with one attached hydrogen (secondary N) is 1. The van der Waals surface area contributed by atoms with Crippen LogP contribution in [0.5, 0.6) is 5.75 Å². The molecule has 0 saturated heterocycles. The third-order valence-corrected chi connectivity index (χ3v) is 5.23. The second kappa shape index (κ2) is 13.4. The number of carbonyl (C=O) groups excluding carboxylic acids is 1. The van der Waals surface area contributed by atoms with Gasteiger partial charge in [-0.2, -0.15) is 0 Å². The van der Waals surface area contributed by atoms with Crippen LogP contribution < -0.4 is 10.1 Å². The Bertz CT molecular complexity index is 538. The molecule has 0 atom stereocenters. The summed E-state index contributed by atoms with van der Waals surface area (Å²) in [6, 6.07) is 8.22. The maximum absolute atomic E-state index is 12.3. The number of hydrogen-bond acceptors (Lipinski definition) is 2. The number of benzene rings is 1. The molecule has 1 aliphatic carbocycles. The van der Waals surface area contributed by atoms with E-state index in [1.165, 1.54) is 57.8 Å². The van der Waals surface area contributed by atoms with Crippen molar-refractivity contribution in [1.29, 1.82) is 0 Å². The molecule has 1 amide bonds. The van der Waals surface area contributed by atoms with Gasteiger partial charge in [0, 0.05) is 12.1 Å². The summed E-state index contributed by atoms with van der Waals surface area (Å²) in [6.45, 7) is 2.83. The molecule has 27 heavy (non-hydrogen) atoms. The van der Waals surface area contributed by atoms with Crippen LogP contribution >= 0.6 is 0 Å². The first-order chi connectivity index (χ1) is 13.3. The molecule has 2 rings (SSSR count). The monoisotopic (exact) mass is 371 g/mol. The van der Waals surface area contributed by atoms with E-state index in [0.29, 0.717) is 6.04 Å². The number of ether oxygens (including phenoxy) is 1. The Kier molecular flexibility index (Phi) is 10.7. The van der Waals surface area contributed by atoms with Gasteiger partial charge in [-0.3, -0.25) is 4.79 Å². The van der Waals surface area contributed by atoms with Crippen LogP contribution in [0.25, 0.3) is 6.08 Å². The molecule has 150 valence electrons. The first kappa shape index (κ1) is 21.5. The van der Waals surface area contributed by atoms with Gasteiger partial charge < -0.3 is 10.1 Å². The first-order valence-corrected chi connectivity index (χ1v) is 11.0. The van der Waals surface area contributed by atoms with Crippen molar-refractivity contribution in [3.63, 3.8) is 0 Å². The van der Waals surface area contributed by atoms with Gasteiger partial charge in [-0.25, -0.2) is 0 Å². The fourth-order valence-electron chi connectivity index (χ4n) is 3.62. The zero-order chi connectivity index (χ0) is 19.2. The molecule has 1 fully saturated rings. The average Bonchev–Trinajstić information content (AvgIpc) is 2.67. The number of rotatable bonds is 6. The molecule has 1 saturated carbocycles. The molecule has 0 spiro atoms. The second-order valence-electron chi connectivity index (χ2n) is 7.72. The Morgan fingerprint density at radius 2 is 1.52 bits per heavy atom. The lowest BCUT2D eigenvalue weighted by atomic mass is 9.98. The molecule has 1 aromatic carbocycles. The topological polar surface area (TPSA) is 38.3 Å². The van der Waals surface area contributed by atoms with Crippen molar-refractivity contribution in [3.05, 3.63) is 35.9 Å². The molecule has 1 aromatic rings. The summed E-state index contributed by atoms with van der Waals surface area (Å²) in [5, 5.41) is 3.23. The standard InChI is InChI=1S/C24H37NO2/c1-2-20-27-23-17-14-21(15-18-23)16-19-24(26)25-22-12-10-8-6-4-3-5-7-9-11-13-22/h14-19,22H,2-13,20H2,1H3,(H,25,26)/b19-16+. The molecule has 1 N–H and O–H groups in total. The second-order valence-corrected chi connectivity index (χ2v) is 7.72. The minimum Gasteiger partial charge on any atom is -0.494 e. The van der Waals surface area contributed by atoms with Gasteiger partial charge in [-0.05, 0) is 43.0 Å². The van der Waals surface area contributed by atoms with Crippen LogP contribution in [0.4, 0.5) is 0 Å². The van der Waals surface area contributed by atoms with Crippen molar-refractivity contribution in [2.45, 2.75) is 90.0 Å². The summed E-state index contributed by atoms with van der Waals surface area (Å²) in [4.78, 5) is 12.3. The molecular weight excluding hydrogens is 334 g/mol. The molecule has 0 radical (unpaired) electrons. The Labute approximate surface area is 165 Å². The maximum atomic E-state index is 12.3. The van der Waals surface area contributed by atoms with Gasteiger partial charge in [0.05, 0.1) is 6.61 Å². The molecule has 0 aromatic heterocycles. The van der Waals surface area contributed by atoms with E-state index in [9.17, 15) is 4.79 Å². The minimum atomic E-state index is 0.0263. The largest absolute Gasteiger partial charge is 0.494 e. The summed E-state index contributed by atoms with van der Waals surface area (Å²) in [7, 11) is 0. The lowest BCUT2D eigenvalue weighted by molar-refractivity contribution is -0.117. The Morgan fingerprint density at radius 1 is 0.963 bits per heavy atom. The van der Waals surface area contributed by atoms with Gasteiger partial charge in [0.2, 0.25) is 5.91 Å². The van der Waals surface area contributed by atoms with Gasteiger partial charge in [0.25, 0.3) is 0 Å². The Balaban J connectivity index is 1.79. The summed E-state index contributed by atoms with van der Waals surface area (Å²) < 4.78 is 5.59. The van der Waals surface area contributed by atoms with Crippen molar-refractivity contribution >= 4 is 12.0 Å². The maximum Gasteiger partial charge on any atom is 0.244 e. The third-order valence-electron chi connectivity index (χ3n) is 5.23. The molecule has 3 nitrogen and oxygen atoms in total. The van der Waals surface area contributed by atoms with Crippen LogP contribution in [0.15, 0.2) is 30.3 Å². The summed E-state index contributed by atoms with van der Waals surface area (Å²) >= 11 is 0. The fraction of sp³-hybridized carbons (Fsp3) is 0.625.